The molecule has 0 fully saturated rings. The first-order chi connectivity index (χ1) is 15.8. The predicted octanol–water partition coefficient (Wildman–Crippen LogP) is 8.42. The minimum Gasteiger partial charge on any atom is -0.316 e. The Kier molecular flexibility index (Phi) is 5.57. The van der Waals surface area contributed by atoms with Crippen LogP contribution in [0.4, 0.5) is 0 Å². The van der Waals surface area contributed by atoms with E-state index >= 15 is 0 Å². The lowest BCUT2D eigenvalue weighted by molar-refractivity contribution is -0.958. The summed E-state index contributed by atoms with van der Waals surface area (Å²) in [6.45, 7) is 18.9. The average Bonchev–Trinajstić information content (AvgIpc) is 2.89. The van der Waals surface area contributed by atoms with Gasteiger partial charge in [-0.25, -0.2) is 0 Å². The Morgan fingerprint density at radius 3 is 1.42 bits per heavy atom. The summed E-state index contributed by atoms with van der Waals surface area (Å²) in [5.41, 5.74) is 8.99. The van der Waals surface area contributed by atoms with Gasteiger partial charge in [0.15, 0.2) is 0 Å². The van der Waals surface area contributed by atoms with E-state index in [-0.39, 0.29) is 0 Å². The topological polar surface area (TPSA) is 0 Å². The first-order valence-corrected chi connectivity index (χ1v) is 12.7. The molecule has 1 nitrogen and oxygen atoms in total. The van der Waals surface area contributed by atoms with Gasteiger partial charge in [-0.05, 0) is 57.6 Å². The van der Waals surface area contributed by atoms with Gasteiger partial charge < -0.3 is 4.48 Å². The molecule has 5 rings (SSSR count). The van der Waals surface area contributed by atoms with Crippen LogP contribution in [0.3, 0.4) is 0 Å². The van der Waals surface area contributed by atoms with Crippen LogP contribution in [-0.2, 0) is 13.1 Å². The number of aryl methyl sites for hydroxylation is 2. The zero-order valence-corrected chi connectivity index (χ0v) is 21.2. The standard InChI is InChI=1S/C32H38N/c1-21(2)17-33(18-22(3)4)19-29-23(5)15-25-11-7-9-13-27(25)31(29)32-28-14-10-8-12-26(28)16-24(6)30(32)20-33/h7-16,21-22H,17-20H2,1-6H3/q+1. The maximum Gasteiger partial charge on any atom is 0.106 e. The highest BCUT2D eigenvalue weighted by atomic mass is 15.4. The number of benzene rings is 4. The summed E-state index contributed by atoms with van der Waals surface area (Å²) >= 11 is 0. The van der Waals surface area contributed by atoms with Crippen molar-refractivity contribution in [3.05, 3.63) is 82.9 Å². The summed E-state index contributed by atoms with van der Waals surface area (Å²) in [4.78, 5) is 0. The molecule has 0 saturated heterocycles. The summed E-state index contributed by atoms with van der Waals surface area (Å²) in [5.74, 6) is 1.32. The van der Waals surface area contributed by atoms with Crippen LogP contribution in [0.5, 0.6) is 0 Å². The third-order valence-electron chi connectivity index (χ3n) is 7.50. The number of nitrogens with zero attached hydrogens (tertiary/aromatic N) is 1. The Hall–Kier alpha value is -2.64. The average molecular weight is 437 g/mol. The van der Waals surface area contributed by atoms with Gasteiger partial charge in [-0.3, -0.25) is 0 Å². The van der Waals surface area contributed by atoms with Crippen molar-refractivity contribution in [3.63, 3.8) is 0 Å². The van der Waals surface area contributed by atoms with Gasteiger partial charge in [-0.2, -0.15) is 0 Å². The van der Waals surface area contributed by atoms with Gasteiger partial charge in [0.05, 0.1) is 13.1 Å². The lowest BCUT2D eigenvalue weighted by Gasteiger charge is -2.41. The summed E-state index contributed by atoms with van der Waals surface area (Å²) in [6, 6.07) is 22.9. The van der Waals surface area contributed by atoms with Crippen LogP contribution in [0, 0.1) is 25.7 Å². The first kappa shape index (κ1) is 22.2. The van der Waals surface area contributed by atoms with Gasteiger partial charge in [0.2, 0.25) is 0 Å². The van der Waals surface area contributed by atoms with Crippen molar-refractivity contribution in [1.82, 2.24) is 0 Å². The maximum atomic E-state index is 2.43. The molecule has 0 aromatic heterocycles. The van der Waals surface area contributed by atoms with Gasteiger partial charge >= 0.3 is 0 Å². The summed E-state index contributed by atoms with van der Waals surface area (Å²) in [7, 11) is 0. The maximum absolute atomic E-state index is 2.43. The van der Waals surface area contributed by atoms with Crippen molar-refractivity contribution in [2.45, 2.75) is 54.6 Å². The van der Waals surface area contributed by atoms with E-state index in [9.17, 15) is 0 Å². The fourth-order valence-electron chi connectivity index (χ4n) is 6.65. The van der Waals surface area contributed by atoms with Gasteiger partial charge in [0.1, 0.15) is 13.1 Å². The minimum atomic E-state index is 0.662. The van der Waals surface area contributed by atoms with E-state index in [4.69, 9.17) is 0 Å². The molecule has 170 valence electrons. The third kappa shape index (κ3) is 3.87. The Morgan fingerprint density at radius 2 is 1.03 bits per heavy atom. The molecule has 0 radical (unpaired) electrons. The van der Waals surface area contributed by atoms with Crippen molar-refractivity contribution in [2.75, 3.05) is 13.1 Å². The van der Waals surface area contributed by atoms with Crippen molar-refractivity contribution < 1.29 is 4.48 Å². The zero-order valence-electron chi connectivity index (χ0n) is 21.2. The number of hydrogen-bond acceptors (Lipinski definition) is 0. The SMILES string of the molecule is Cc1cc2ccccc2c2c1C[N+](CC(C)C)(CC(C)C)Cc1c(C)cc3ccccc3c1-2. The second kappa shape index (κ2) is 8.29. The molecule has 0 bridgehead atoms. The van der Waals surface area contributed by atoms with Gasteiger partial charge in [0.25, 0.3) is 0 Å². The zero-order chi connectivity index (χ0) is 23.3. The second-order valence-electron chi connectivity index (χ2n) is 11.3. The number of fused-ring (bicyclic) bond motifs is 7. The molecule has 0 aliphatic carbocycles. The van der Waals surface area contributed by atoms with E-state index in [0.717, 1.165) is 17.6 Å². The van der Waals surface area contributed by atoms with E-state index in [2.05, 4.69) is 102 Å². The fraction of sp³-hybridized carbons (Fsp3) is 0.375. The van der Waals surface area contributed by atoms with Crippen LogP contribution in [-0.4, -0.2) is 17.6 Å². The Balaban J connectivity index is 1.95. The normalized spacial score (nSPS) is 15.2. The molecular weight excluding hydrogens is 398 g/mol. The van der Waals surface area contributed by atoms with Crippen LogP contribution in [0.25, 0.3) is 32.7 Å². The second-order valence-corrected chi connectivity index (χ2v) is 11.3. The van der Waals surface area contributed by atoms with E-state index in [0.29, 0.717) is 11.8 Å². The molecule has 1 heteroatoms. The van der Waals surface area contributed by atoms with Crippen LogP contribution < -0.4 is 0 Å². The van der Waals surface area contributed by atoms with Crippen LogP contribution in [0.2, 0.25) is 0 Å². The van der Waals surface area contributed by atoms with Gasteiger partial charge in [-0.15, -0.1) is 0 Å². The lowest BCUT2D eigenvalue weighted by Crippen LogP contribution is -2.50. The highest BCUT2D eigenvalue weighted by Crippen LogP contribution is 2.46. The Labute approximate surface area is 199 Å². The molecule has 1 aliphatic rings. The lowest BCUT2D eigenvalue weighted by atomic mass is 9.85. The van der Waals surface area contributed by atoms with Crippen LogP contribution in [0.15, 0.2) is 60.7 Å². The molecular formula is C32H38N+. The monoisotopic (exact) mass is 436 g/mol. The molecule has 1 heterocycles. The van der Waals surface area contributed by atoms with E-state index in [1.165, 1.54) is 56.9 Å². The minimum absolute atomic E-state index is 0.662. The van der Waals surface area contributed by atoms with E-state index in [1.807, 2.05) is 0 Å². The Morgan fingerprint density at radius 1 is 0.636 bits per heavy atom. The third-order valence-corrected chi connectivity index (χ3v) is 7.50. The van der Waals surface area contributed by atoms with Crippen LogP contribution >= 0.6 is 0 Å². The molecule has 33 heavy (non-hydrogen) atoms. The highest BCUT2D eigenvalue weighted by molar-refractivity contribution is 6.08. The van der Waals surface area contributed by atoms with Gasteiger partial charge in [-0.1, -0.05) is 88.4 Å². The number of rotatable bonds is 4. The molecule has 1 aliphatic heterocycles. The number of quaternary nitrogens is 1. The van der Waals surface area contributed by atoms with Crippen molar-refractivity contribution >= 4 is 21.5 Å². The molecule has 0 amide bonds. The smallest absolute Gasteiger partial charge is 0.106 e. The quantitative estimate of drug-likeness (QED) is 0.282. The van der Waals surface area contributed by atoms with Gasteiger partial charge in [0, 0.05) is 23.0 Å². The van der Waals surface area contributed by atoms with Crippen LogP contribution in [0.1, 0.15) is 49.9 Å². The number of hydrogen-bond donors (Lipinski definition) is 0. The highest BCUT2D eigenvalue weighted by Gasteiger charge is 2.37. The summed E-state index contributed by atoms with van der Waals surface area (Å²) in [6.07, 6.45) is 0. The molecule has 0 atom stereocenters. The van der Waals surface area contributed by atoms with Crippen molar-refractivity contribution in [3.8, 4) is 11.1 Å². The molecule has 4 aromatic carbocycles. The molecule has 0 saturated carbocycles. The molecule has 0 spiro atoms. The van der Waals surface area contributed by atoms with E-state index in [1.54, 1.807) is 11.1 Å². The van der Waals surface area contributed by atoms with E-state index < -0.39 is 0 Å². The van der Waals surface area contributed by atoms with Crippen molar-refractivity contribution in [2.24, 2.45) is 11.8 Å². The summed E-state index contributed by atoms with van der Waals surface area (Å²) in [5, 5.41) is 5.53. The molecule has 0 unspecified atom stereocenters. The van der Waals surface area contributed by atoms with Crippen molar-refractivity contribution in [1.29, 1.82) is 0 Å². The molecule has 0 N–H and O–H groups in total. The first-order valence-electron chi connectivity index (χ1n) is 12.7. The fourth-order valence-corrected chi connectivity index (χ4v) is 6.65. The largest absolute Gasteiger partial charge is 0.316 e. The summed E-state index contributed by atoms with van der Waals surface area (Å²) < 4.78 is 1.15. The molecule has 4 aromatic rings. The predicted molar refractivity (Wildman–Crippen MR) is 143 cm³/mol. The Bertz CT molecular complexity index is 1240.